The van der Waals surface area contributed by atoms with E-state index in [0.29, 0.717) is 5.69 Å². The minimum absolute atomic E-state index is 0.0805. The van der Waals surface area contributed by atoms with Crippen molar-refractivity contribution in [2.45, 2.75) is 32.7 Å². The van der Waals surface area contributed by atoms with Crippen molar-refractivity contribution in [3.05, 3.63) is 41.7 Å². The van der Waals surface area contributed by atoms with E-state index >= 15 is 0 Å². The SMILES string of the molecule is CC(C)(C)n1ncc(-c2nc(CC(=O)O)cs2)c1-c1ccccn1. The molecular weight excluding hydrogens is 324 g/mol. The van der Waals surface area contributed by atoms with Crippen molar-refractivity contribution in [3.63, 3.8) is 0 Å². The first-order valence-corrected chi connectivity index (χ1v) is 8.40. The van der Waals surface area contributed by atoms with Crippen molar-refractivity contribution in [2.24, 2.45) is 0 Å². The molecule has 0 aliphatic heterocycles. The Morgan fingerprint density at radius 1 is 1.33 bits per heavy atom. The Hall–Kier alpha value is -2.54. The largest absolute Gasteiger partial charge is 0.481 e. The molecule has 24 heavy (non-hydrogen) atoms. The van der Waals surface area contributed by atoms with Crippen LogP contribution in [0.15, 0.2) is 36.0 Å². The molecule has 124 valence electrons. The van der Waals surface area contributed by atoms with Crippen molar-refractivity contribution in [2.75, 3.05) is 0 Å². The molecule has 1 N–H and O–H groups in total. The van der Waals surface area contributed by atoms with Gasteiger partial charge in [0.2, 0.25) is 0 Å². The number of hydrogen-bond donors (Lipinski definition) is 1. The highest BCUT2D eigenvalue weighted by molar-refractivity contribution is 7.13. The number of carboxylic acids is 1. The summed E-state index contributed by atoms with van der Waals surface area (Å²) in [5.41, 5.74) is 2.91. The van der Waals surface area contributed by atoms with Crippen LogP contribution in [-0.2, 0) is 16.8 Å². The standard InChI is InChI=1S/C17H18N4O2S/c1-17(2,3)21-15(13-6-4-5-7-18-13)12(9-19-21)16-20-11(10-24-16)8-14(22)23/h4-7,9-10H,8H2,1-3H3,(H,22,23). The molecule has 3 aromatic heterocycles. The van der Waals surface area contributed by atoms with Gasteiger partial charge in [-0.1, -0.05) is 6.07 Å². The number of carbonyl (C=O) groups is 1. The molecule has 0 unspecified atom stereocenters. The van der Waals surface area contributed by atoms with E-state index < -0.39 is 5.97 Å². The summed E-state index contributed by atoms with van der Waals surface area (Å²) in [5.74, 6) is -0.887. The van der Waals surface area contributed by atoms with E-state index in [4.69, 9.17) is 5.11 Å². The maximum absolute atomic E-state index is 10.9. The fraction of sp³-hybridized carbons (Fsp3) is 0.294. The van der Waals surface area contributed by atoms with Gasteiger partial charge in [-0.15, -0.1) is 11.3 Å². The van der Waals surface area contributed by atoms with Crippen LogP contribution in [0.2, 0.25) is 0 Å². The molecular formula is C17H18N4O2S. The molecule has 6 nitrogen and oxygen atoms in total. The summed E-state index contributed by atoms with van der Waals surface area (Å²) in [7, 11) is 0. The molecule has 0 spiro atoms. The topological polar surface area (TPSA) is 80.9 Å². The average molecular weight is 342 g/mol. The number of thiazole rings is 1. The van der Waals surface area contributed by atoms with Gasteiger partial charge in [0, 0.05) is 11.6 Å². The number of nitrogens with zero attached hydrogens (tertiary/aromatic N) is 4. The Morgan fingerprint density at radius 3 is 2.75 bits per heavy atom. The monoisotopic (exact) mass is 342 g/mol. The molecule has 3 heterocycles. The highest BCUT2D eigenvalue weighted by Gasteiger charge is 2.24. The Balaban J connectivity index is 2.13. The van der Waals surface area contributed by atoms with E-state index in [1.165, 1.54) is 11.3 Å². The lowest BCUT2D eigenvalue weighted by atomic mass is 10.1. The second kappa shape index (κ2) is 6.16. The Morgan fingerprint density at radius 2 is 2.12 bits per heavy atom. The predicted octanol–water partition coefficient (Wildman–Crippen LogP) is 3.45. The molecule has 0 saturated heterocycles. The van der Waals surface area contributed by atoms with Gasteiger partial charge in [0.25, 0.3) is 0 Å². The molecule has 0 saturated carbocycles. The fourth-order valence-corrected chi connectivity index (χ4v) is 3.26. The smallest absolute Gasteiger partial charge is 0.309 e. The fourth-order valence-electron chi connectivity index (χ4n) is 2.43. The second-order valence-corrected chi connectivity index (χ2v) is 7.28. The summed E-state index contributed by atoms with van der Waals surface area (Å²) >= 11 is 1.42. The van der Waals surface area contributed by atoms with Crippen LogP contribution in [0.5, 0.6) is 0 Å². The van der Waals surface area contributed by atoms with Gasteiger partial charge in [-0.3, -0.25) is 14.5 Å². The number of carboxylic acid groups (broad SMARTS) is 1. The Kier molecular flexibility index (Phi) is 4.19. The highest BCUT2D eigenvalue weighted by Crippen LogP contribution is 2.35. The minimum Gasteiger partial charge on any atom is -0.481 e. The molecule has 3 rings (SSSR count). The lowest BCUT2D eigenvalue weighted by molar-refractivity contribution is -0.136. The normalized spacial score (nSPS) is 11.6. The van der Waals surface area contributed by atoms with Crippen LogP contribution in [0, 0.1) is 0 Å². The summed E-state index contributed by atoms with van der Waals surface area (Å²) in [6.45, 7) is 6.23. The maximum Gasteiger partial charge on any atom is 0.309 e. The summed E-state index contributed by atoms with van der Waals surface area (Å²) in [4.78, 5) is 19.8. The number of aliphatic carboxylic acids is 1. The van der Waals surface area contributed by atoms with Crippen molar-refractivity contribution in [1.82, 2.24) is 19.7 Å². The van der Waals surface area contributed by atoms with E-state index in [1.807, 2.05) is 22.9 Å². The molecule has 7 heteroatoms. The second-order valence-electron chi connectivity index (χ2n) is 6.42. The predicted molar refractivity (Wildman–Crippen MR) is 92.9 cm³/mol. The lowest BCUT2D eigenvalue weighted by Gasteiger charge is -2.22. The van der Waals surface area contributed by atoms with Crippen LogP contribution < -0.4 is 0 Å². The molecule has 0 atom stereocenters. The number of rotatable bonds is 4. The summed E-state index contributed by atoms with van der Waals surface area (Å²) < 4.78 is 1.93. The van der Waals surface area contributed by atoms with E-state index in [-0.39, 0.29) is 12.0 Å². The quantitative estimate of drug-likeness (QED) is 0.785. The molecule has 3 aromatic rings. The zero-order valence-corrected chi connectivity index (χ0v) is 14.5. The maximum atomic E-state index is 10.9. The van der Waals surface area contributed by atoms with Gasteiger partial charge in [-0.25, -0.2) is 4.98 Å². The number of pyridine rings is 1. The Labute approximate surface area is 143 Å². The van der Waals surface area contributed by atoms with Crippen molar-refractivity contribution >= 4 is 17.3 Å². The zero-order valence-electron chi connectivity index (χ0n) is 13.7. The molecule has 0 aromatic carbocycles. The first-order chi connectivity index (χ1) is 11.4. The zero-order chi connectivity index (χ0) is 17.3. The van der Waals surface area contributed by atoms with Crippen LogP contribution in [-0.4, -0.2) is 30.8 Å². The van der Waals surface area contributed by atoms with Gasteiger partial charge in [0.15, 0.2) is 0 Å². The first-order valence-electron chi connectivity index (χ1n) is 7.53. The van der Waals surface area contributed by atoms with Crippen LogP contribution in [0.25, 0.3) is 22.0 Å². The van der Waals surface area contributed by atoms with Crippen LogP contribution in [0.3, 0.4) is 0 Å². The average Bonchev–Trinajstić information content (AvgIpc) is 3.13. The van der Waals surface area contributed by atoms with Gasteiger partial charge in [-0.2, -0.15) is 5.10 Å². The van der Waals surface area contributed by atoms with Gasteiger partial charge < -0.3 is 5.11 Å². The molecule has 0 radical (unpaired) electrons. The lowest BCUT2D eigenvalue weighted by Crippen LogP contribution is -2.24. The summed E-state index contributed by atoms with van der Waals surface area (Å²) in [6.07, 6.45) is 3.44. The molecule has 0 aliphatic carbocycles. The van der Waals surface area contributed by atoms with Crippen molar-refractivity contribution in [3.8, 4) is 22.0 Å². The molecule has 0 bridgehead atoms. The van der Waals surface area contributed by atoms with Crippen molar-refractivity contribution in [1.29, 1.82) is 0 Å². The van der Waals surface area contributed by atoms with Crippen LogP contribution in [0.1, 0.15) is 26.5 Å². The van der Waals surface area contributed by atoms with Gasteiger partial charge in [0.05, 0.1) is 40.8 Å². The number of hydrogen-bond acceptors (Lipinski definition) is 5. The van der Waals surface area contributed by atoms with E-state index in [0.717, 1.165) is 22.0 Å². The molecule has 0 amide bonds. The van der Waals surface area contributed by atoms with Gasteiger partial charge in [-0.05, 0) is 32.9 Å². The van der Waals surface area contributed by atoms with Gasteiger partial charge >= 0.3 is 5.97 Å². The minimum atomic E-state index is -0.887. The summed E-state index contributed by atoms with van der Waals surface area (Å²) in [6, 6.07) is 5.74. The third kappa shape index (κ3) is 3.21. The van der Waals surface area contributed by atoms with Crippen molar-refractivity contribution < 1.29 is 9.90 Å². The highest BCUT2D eigenvalue weighted by atomic mass is 32.1. The Bertz CT molecular complexity index is 862. The first kappa shape index (κ1) is 16.3. The number of aromatic nitrogens is 4. The molecule has 0 fully saturated rings. The van der Waals surface area contributed by atoms with E-state index in [9.17, 15) is 4.79 Å². The third-order valence-electron chi connectivity index (χ3n) is 3.43. The van der Waals surface area contributed by atoms with Crippen LogP contribution in [0.4, 0.5) is 0 Å². The summed E-state index contributed by atoms with van der Waals surface area (Å²) in [5, 5.41) is 16.0. The van der Waals surface area contributed by atoms with Crippen LogP contribution >= 0.6 is 11.3 Å². The van der Waals surface area contributed by atoms with E-state index in [1.54, 1.807) is 17.8 Å². The third-order valence-corrected chi connectivity index (χ3v) is 4.35. The van der Waals surface area contributed by atoms with E-state index in [2.05, 4.69) is 35.8 Å². The van der Waals surface area contributed by atoms with Gasteiger partial charge in [0.1, 0.15) is 5.01 Å². The molecule has 0 aliphatic rings.